The monoisotopic (exact) mass is 233 g/mol. The van der Waals surface area contributed by atoms with Crippen molar-refractivity contribution in [3.63, 3.8) is 0 Å². The molecule has 0 aromatic heterocycles. The van der Waals surface area contributed by atoms with Gasteiger partial charge in [-0.05, 0) is 31.0 Å². The van der Waals surface area contributed by atoms with E-state index in [0.717, 1.165) is 24.9 Å². The molecule has 0 saturated heterocycles. The zero-order valence-electron chi connectivity index (χ0n) is 11.1. The minimum atomic E-state index is 0.255. The Morgan fingerprint density at radius 2 is 2.12 bits per heavy atom. The van der Waals surface area contributed by atoms with Gasteiger partial charge in [-0.25, -0.2) is 0 Å². The number of carbonyl (C=O) groups is 1. The van der Waals surface area contributed by atoms with Crippen LogP contribution in [0.2, 0.25) is 0 Å². The third kappa shape index (κ3) is 5.14. The molecule has 0 aliphatic heterocycles. The van der Waals surface area contributed by atoms with Gasteiger partial charge in [0.05, 0.1) is 0 Å². The van der Waals surface area contributed by atoms with Crippen LogP contribution in [0.1, 0.15) is 49.5 Å². The largest absolute Gasteiger partial charge is 0.315 e. The fourth-order valence-corrected chi connectivity index (χ4v) is 1.75. The van der Waals surface area contributed by atoms with Crippen molar-refractivity contribution in [1.82, 2.24) is 5.32 Å². The predicted molar refractivity (Wildman–Crippen MR) is 72.5 cm³/mol. The molecule has 0 aliphatic carbocycles. The van der Waals surface area contributed by atoms with Crippen molar-refractivity contribution in [2.45, 2.75) is 46.1 Å². The Hall–Kier alpha value is -1.15. The quantitative estimate of drug-likeness (QED) is 0.579. The van der Waals surface area contributed by atoms with E-state index in [-0.39, 0.29) is 5.78 Å². The first-order chi connectivity index (χ1) is 8.13. The molecule has 17 heavy (non-hydrogen) atoms. The van der Waals surface area contributed by atoms with Crippen molar-refractivity contribution in [2.24, 2.45) is 0 Å². The number of Topliss-reactive ketones (excluding diaryl/α,β-unsaturated/α-hetero) is 1. The van der Waals surface area contributed by atoms with Gasteiger partial charge in [0, 0.05) is 18.0 Å². The van der Waals surface area contributed by atoms with Crippen LogP contribution >= 0.6 is 0 Å². The Labute approximate surface area is 104 Å². The summed E-state index contributed by atoms with van der Waals surface area (Å²) in [6.07, 6.45) is 2.52. The fraction of sp³-hybridized carbons (Fsp3) is 0.533. The molecule has 0 radical (unpaired) electrons. The molecular weight excluding hydrogens is 210 g/mol. The zero-order chi connectivity index (χ0) is 12.7. The molecule has 0 spiro atoms. The van der Waals surface area contributed by atoms with Crippen LogP contribution in [0.5, 0.6) is 0 Å². The van der Waals surface area contributed by atoms with E-state index in [0.29, 0.717) is 12.5 Å². The Bertz CT molecular complexity index is 358. The Morgan fingerprint density at radius 3 is 2.76 bits per heavy atom. The van der Waals surface area contributed by atoms with E-state index < -0.39 is 0 Å². The topological polar surface area (TPSA) is 29.1 Å². The molecule has 0 atom stereocenters. The van der Waals surface area contributed by atoms with Gasteiger partial charge in [0.2, 0.25) is 0 Å². The molecule has 0 fully saturated rings. The summed E-state index contributed by atoms with van der Waals surface area (Å²) in [5.74, 6) is 0.255. The Morgan fingerprint density at radius 1 is 1.35 bits per heavy atom. The van der Waals surface area contributed by atoms with Crippen LogP contribution in [0.15, 0.2) is 24.3 Å². The van der Waals surface area contributed by atoms with E-state index in [1.165, 1.54) is 5.56 Å². The lowest BCUT2D eigenvalue weighted by Crippen LogP contribution is -2.24. The molecule has 0 heterocycles. The van der Waals surface area contributed by atoms with Crippen LogP contribution in [0.4, 0.5) is 0 Å². The minimum absolute atomic E-state index is 0.255. The van der Waals surface area contributed by atoms with Gasteiger partial charge in [-0.3, -0.25) is 4.79 Å². The molecule has 1 aromatic rings. The van der Waals surface area contributed by atoms with Gasteiger partial charge in [0.15, 0.2) is 5.78 Å². The minimum Gasteiger partial charge on any atom is -0.315 e. The molecule has 0 saturated carbocycles. The van der Waals surface area contributed by atoms with Gasteiger partial charge >= 0.3 is 0 Å². The molecule has 1 N–H and O–H groups in total. The molecule has 2 heteroatoms. The van der Waals surface area contributed by atoms with E-state index in [9.17, 15) is 4.79 Å². The summed E-state index contributed by atoms with van der Waals surface area (Å²) in [7, 11) is 0. The van der Waals surface area contributed by atoms with Crippen molar-refractivity contribution in [2.75, 3.05) is 6.54 Å². The van der Waals surface area contributed by atoms with Crippen molar-refractivity contribution >= 4 is 5.78 Å². The second-order valence-corrected chi connectivity index (χ2v) is 4.69. The number of hydrogen-bond acceptors (Lipinski definition) is 2. The number of rotatable bonds is 7. The molecular formula is C15H23NO. The number of hydrogen-bond donors (Lipinski definition) is 1. The van der Waals surface area contributed by atoms with Crippen LogP contribution in [-0.4, -0.2) is 18.4 Å². The molecule has 94 valence electrons. The van der Waals surface area contributed by atoms with E-state index in [4.69, 9.17) is 0 Å². The smallest absolute Gasteiger partial charge is 0.162 e. The maximum absolute atomic E-state index is 11.9. The molecule has 0 amide bonds. The lowest BCUT2D eigenvalue weighted by atomic mass is 10.0. The molecule has 0 bridgehead atoms. The summed E-state index contributed by atoms with van der Waals surface area (Å²) in [4.78, 5) is 11.9. The number of benzene rings is 1. The SMILES string of the molecule is CCc1cccc(C(=O)CCCNC(C)C)c1. The standard InChI is InChI=1S/C15H23NO/c1-4-13-7-5-8-14(11-13)15(17)9-6-10-16-12(2)3/h5,7-8,11-12,16H,4,6,9-10H2,1-3H3. The zero-order valence-corrected chi connectivity index (χ0v) is 11.1. The van der Waals surface area contributed by atoms with Gasteiger partial charge in [-0.15, -0.1) is 0 Å². The van der Waals surface area contributed by atoms with E-state index in [1.54, 1.807) is 0 Å². The van der Waals surface area contributed by atoms with Gasteiger partial charge in [-0.2, -0.15) is 0 Å². The summed E-state index contributed by atoms with van der Waals surface area (Å²) in [5, 5.41) is 3.32. The summed E-state index contributed by atoms with van der Waals surface area (Å²) < 4.78 is 0. The van der Waals surface area contributed by atoms with Crippen molar-refractivity contribution < 1.29 is 4.79 Å². The van der Waals surface area contributed by atoms with Crippen LogP contribution < -0.4 is 5.32 Å². The van der Waals surface area contributed by atoms with Crippen LogP contribution in [-0.2, 0) is 6.42 Å². The fourth-order valence-electron chi connectivity index (χ4n) is 1.75. The average molecular weight is 233 g/mol. The third-order valence-corrected chi connectivity index (χ3v) is 2.79. The number of aryl methyl sites for hydroxylation is 1. The van der Waals surface area contributed by atoms with Crippen LogP contribution in [0, 0.1) is 0 Å². The number of nitrogens with one attached hydrogen (secondary N) is 1. The Balaban J connectivity index is 2.41. The van der Waals surface area contributed by atoms with Crippen molar-refractivity contribution in [3.05, 3.63) is 35.4 Å². The highest BCUT2D eigenvalue weighted by Gasteiger charge is 2.05. The normalized spacial score (nSPS) is 10.8. The first-order valence-corrected chi connectivity index (χ1v) is 6.49. The summed E-state index contributed by atoms with van der Waals surface area (Å²) in [5.41, 5.74) is 2.09. The molecule has 0 aliphatic rings. The van der Waals surface area contributed by atoms with E-state index in [1.807, 2.05) is 18.2 Å². The second-order valence-electron chi connectivity index (χ2n) is 4.69. The van der Waals surface area contributed by atoms with E-state index in [2.05, 4.69) is 32.2 Å². The second kappa shape index (κ2) is 7.23. The first-order valence-electron chi connectivity index (χ1n) is 6.49. The molecule has 1 aromatic carbocycles. The van der Waals surface area contributed by atoms with Crippen molar-refractivity contribution in [3.8, 4) is 0 Å². The predicted octanol–water partition coefficient (Wildman–Crippen LogP) is 3.21. The highest BCUT2D eigenvalue weighted by Crippen LogP contribution is 2.09. The average Bonchev–Trinajstić information content (AvgIpc) is 2.34. The number of ketones is 1. The first kappa shape index (κ1) is 13.9. The molecule has 0 unspecified atom stereocenters. The summed E-state index contributed by atoms with van der Waals surface area (Å²) in [6.45, 7) is 7.26. The van der Waals surface area contributed by atoms with Crippen LogP contribution in [0.25, 0.3) is 0 Å². The third-order valence-electron chi connectivity index (χ3n) is 2.79. The molecule has 1 rings (SSSR count). The lowest BCUT2D eigenvalue weighted by molar-refractivity contribution is 0.0979. The van der Waals surface area contributed by atoms with Gasteiger partial charge in [0.25, 0.3) is 0 Å². The van der Waals surface area contributed by atoms with Crippen molar-refractivity contribution in [1.29, 1.82) is 0 Å². The van der Waals surface area contributed by atoms with Crippen LogP contribution in [0.3, 0.4) is 0 Å². The highest BCUT2D eigenvalue weighted by atomic mass is 16.1. The maximum Gasteiger partial charge on any atom is 0.162 e. The van der Waals surface area contributed by atoms with E-state index >= 15 is 0 Å². The lowest BCUT2D eigenvalue weighted by Gasteiger charge is -2.07. The highest BCUT2D eigenvalue weighted by molar-refractivity contribution is 5.96. The summed E-state index contributed by atoms with van der Waals surface area (Å²) in [6, 6.07) is 8.46. The van der Waals surface area contributed by atoms with Gasteiger partial charge in [-0.1, -0.05) is 39.0 Å². The summed E-state index contributed by atoms with van der Waals surface area (Å²) >= 11 is 0. The molecule has 2 nitrogen and oxygen atoms in total. The number of carbonyl (C=O) groups excluding carboxylic acids is 1. The van der Waals surface area contributed by atoms with Gasteiger partial charge < -0.3 is 5.32 Å². The van der Waals surface area contributed by atoms with Gasteiger partial charge in [0.1, 0.15) is 0 Å². The Kier molecular flexibility index (Phi) is 5.92. The maximum atomic E-state index is 11.9.